The first-order valence-corrected chi connectivity index (χ1v) is 6.09. The van der Waals surface area contributed by atoms with Crippen LogP contribution in [0, 0.1) is 0 Å². The lowest BCUT2D eigenvalue weighted by Crippen LogP contribution is -1.86. The van der Waals surface area contributed by atoms with Gasteiger partial charge in [0.2, 0.25) is 0 Å². The lowest BCUT2D eigenvalue weighted by atomic mass is 10.2. The van der Waals surface area contributed by atoms with Crippen LogP contribution >= 0.6 is 27.7 Å². The molecule has 0 bridgehead atoms. The molecule has 0 aliphatic rings. The highest BCUT2D eigenvalue weighted by atomic mass is 79.9. The molecule has 0 radical (unpaired) electrons. The SMILES string of the molecule is O=Cc1cc(Br)ccc1Sc1ccncn1. The van der Waals surface area contributed by atoms with Gasteiger partial charge in [-0.15, -0.1) is 0 Å². The standard InChI is InChI=1S/C11H7BrN2OS/c12-9-1-2-10(8(5-9)6-15)16-11-3-4-13-7-14-11/h1-7H. The van der Waals surface area contributed by atoms with Crippen LogP contribution in [0.4, 0.5) is 0 Å². The Morgan fingerprint density at radius 3 is 2.88 bits per heavy atom. The molecule has 1 heterocycles. The molecule has 80 valence electrons. The summed E-state index contributed by atoms with van der Waals surface area (Å²) in [6, 6.07) is 7.38. The molecule has 0 amide bonds. The van der Waals surface area contributed by atoms with E-state index in [-0.39, 0.29) is 0 Å². The number of benzene rings is 1. The van der Waals surface area contributed by atoms with E-state index in [1.807, 2.05) is 12.1 Å². The molecular formula is C11H7BrN2OS. The van der Waals surface area contributed by atoms with Crippen molar-refractivity contribution < 1.29 is 4.79 Å². The Kier molecular flexibility index (Phi) is 3.69. The van der Waals surface area contributed by atoms with Gasteiger partial charge in [0.15, 0.2) is 6.29 Å². The monoisotopic (exact) mass is 294 g/mol. The average molecular weight is 295 g/mol. The number of nitrogens with zero attached hydrogens (tertiary/aromatic N) is 2. The molecule has 2 aromatic rings. The zero-order chi connectivity index (χ0) is 11.4. The maximum Gasteiger partial charge on any atom is 0.151 e. The predicted octanol–water partition coefficient (Wildman–Crippen LogP) is 3.20. The van der Waals surface area contributed by atoms with E-state index in [0.29, 0.717) is 5.56 Å². The van der Waals surface area contributed by atoms with Crippen molar-refractivity contribution in [3.63, 3.8) is 0 Å². The van der Waals surface area contributed by atoms with Gasteiger partial charge < -0.3 is 0 Å². The van der Waals surface area contributed by atoms with Crippen LogP contribution in [-0.4, -0.2) is 16.3 Å². The largest absolute Gasteiger partial charge is 0.298 e. The maximum absolute atomic E-state index is 10.9. The number of carbonyl (C=O) groups excluding carboxylic acids is 1. The Balaban J connectivity index is 2.31. The van der Waals surface area contributed by atoms with Crippen LogP contribution in [0.15, 0.2) is 51.2 Å². The number of aldehydes is 1. The summed E-state index contributed by atoms with van der Waals surface area (Å²) in [6.45, 7) is 0. The molecule has 0 aliphatic heterocycles. The van der Waals surface area contributed by atoms with Gasteiger partial charge in [0.25, 0.3) is 0 Å². The van der Waals surface area contributed by atoms with Crippen molar-refractivity contribution in [1.29, 1.82) is 0 Å². The number of halogens is 1. The van der Waals surface area contributed by atoms with Gasteiger partial charge in [-0.05, 0) is 24.3 Å². The Morgan fingerprint density at radius 1 is 1.31 bits per heavy atom. The molecule has 0 atom stereocenters. The molecule has 3 nitrogen and oxygen atoms in total. The van der Waals surface area contributed by atoms with E-state index >= 15 is 0 Å². The van der Waals surface area contributed by atoms with Crippen molar-refractivity contribution in [3.8, 4) is 0 Å². The molecule has 0 unspecified atom stereocenters. The highest BCUT2D eigenvalue weighted by molar-refractivity contribution is 9.10. The first-order valence-electron chi connectivity index (χ1n) is 4.48. The minimum Gasteiger partial charge on any atom is -0.298 e. The van der Waals surface area contributed by atoms with Gasteiger partial charge in [-0.1, -0.05) is 27.7 Å². The third-order valence-electron chi connectivity index (χ3n) is 1.87. The second-order valence-corrected chi connectivity index (χ2v) is 4.93. The summed E-state index contributed by atoms with van der Waals surface area (Å²) in [7, 11) is 0. The van der Waals surface area contributed by atoms with Gasteiger partial charge in [0.05, 0.1) is 0 Å². The molecule has 1 aromatic carbocycles. The highest BCUT2D eigenvalue weighted by Crippen LogP contribution is 2.29. The zero-order valence-corrected chi connectivity index (χ0v) is 10.5. The lowest BCUT2D eigenvalue weighted by molar-refractivity contribution is 0.112. The molecule has 2 rings (SSSR count). The average Bonchev–Trinajstić information content (AvgIpc) is 2.33. The molecular weight excluding hydrogens is 288 g/mol. The lowest BCUT2D eigenvalue weighted by Gasteiger charge is -2.03. The number of aromatic nitrogens is 2. The summed E-state index contributed by atoms with van der Waals surface area (Å²) in [4.78, 5) is 19.7. The van der Waals surface area contributed by atoms with E-state index in [2.05, 4.69) is 25.9 Å². The van der Waals surface area contributed by atoms with Crippen LogP contribution in [0.3, 0.4) is 0 Å². The van der Waals surface area contributed by atoms with Crippen LogP contribution in [-0.2, 0) is 0 Å². The van der Waals surface area contributed by atoms with Gasteiger partial charge in [-0.2, -0.15) is 0 Å². The van der Waals surface area contributed by atoms with E-state index in [1.54, 1.807) is 18.3 Å². The first kappa shape index (κ1) is 11.3. The summed E-state index contributed by atoms with van der Waals surface area (Å²) in [6.07, 6.45) is 4.00. The van der Waals surface area contributed by atoms with E-state index in [0.717, 1.165) is 20.7 Å². The van der Waals surface area contributed by atoms with Crippen LogP contribution in [0.2, 0.25) is 0 Å². The fourth-order valence-corrected chi connectivity index (χ4v) is 2.35. The molecule has 5 heteroatoms. The summed E-state index contributed by atoms with van der Waals surface area (Å²) >= 11 is 4.77. The molecule has 16 heavy (non-hydrogen) atoms. The van der Waals surface area contributed by atoms with Crippen molar-refractivity contribution in [2.75, 3.05) is 0 Å². The van der Waals surface area contributed by atoms with Gasteiger partial charge in [-0.25, -0.2) is 9.97 Å². The molecule has 1 aromatic heterocycles. The quantitative estimate of drug-likeness (QED) is 0.644. The van der Waals surface area contributed by atoms with Crippen molar-refractivity contribution in [2.45, 2.75) is 9.92 Å². The van der Waals surface area contributed by atoms with Gasteiger partial charge in [-0.3, -0.25) is 4.79 Å². The molecule has 0 aliphatic carbocycles. The molecule has 0 saturated carbocycles. The van der Waals surface area contributed by atoms with Crippen LogP contribution in [0.1, 0.15) is 10.4 Å². The van der Waals surface area contributed by atoms with E-state index < -0.39 is 0 Å². The Morgan fingerprint density at radius 2 is 2.19 bits per heavy atom. The summed E-state index contributed by atoms with van der Waals surface area (Å²) in [5.41, 5.74) is 0.651. The number of hydrogen-bond donors (Lipinski definition) is 0. The number of hydrogen-bond acceptors (Lipinski definition) is 4. The topological polar surface area (TPSA) is 42.9 Å². The maximum atomic E-state index is 10.9. The summed E-state index contributed by atoms with van der Waals surface area (Å²) < 4.78 is 0.890. The third kappa shape index (κ3) is 2.68. The van der Waals surface area contributed by atoms with Crippen LogP contribution < -0.4 is 0 Å². The summed E-state index contributed by atoms with van der Waals surface area (Å²) in [5, 5.41) is 0.820. The Hall–Kier alpha value is -1.20. The van der Waals surface area contributed by atoms with E-state index in [4.69, 9.17) is 0 Å². The fourth-order valence-electron chi connectivity index (χ4n) is 1.16. The summed E-state index contributed by atoms with van der Waals surface area (Å²) in [5.74, 6) is 0. The minimum atomic E-state index is 0.651. The predicted molar refractivity (Wildman–Crippen MR) is 65.7 cm³/mol. The second kappa shape index (κ2) is 5.23. The van der Waals surface area contributed by atoms with Gasteiger partial charge in [0, 0.05) is 21.1 Å². The smallest absolute Gasteiger partial charge is 0.151 e. The van der Waals surface area contributed by atoms with Crippen molar-refractivity contribution in [2.24, 2.45) is 0 Å². The van der Waals surface area contributed by atoms with E-state index in [1.165, 1.54) is 18.1 Å². The number of rotatable bonds is 3. The Labute approximate surface area is 105 Å². The zero-order valence-electron chi connectivity index (χ0n) is 8.13. The van der Waals surface area contributed by atoms with Gasteiger partial charge >= 0.3 is 0 Å². The first-order chi connectivity index (χ1) is 7.79. The van der Waals surface area contributed by atoms with Crippen molar-refractivity contribution in [3.05, 3.63) is 46.8 Å². The normalized spacial score (nSPS) is 10.1. The molecule has 0 N–H and O–H groups in total. The molecule has 0 fully saturated rings. The Bertz CT molecular complexity index is 505. The van der Waals surface area contributed by atoms with Gasteiger partial charge in [0.1, 0.15) is 11.4 Å². The minimum absolute atomic E-state index is 0.651. The third-order valence-corrected chi connectivity index (χ3v) is 3.40. The van der Waals surface area contributed by atoms with Crippen molar-refractivity contribution >= 4 is 34.0 Å². The molecule has 0 saturated heterocycles. The molecule has 0 spiro atoms. The fraction of sp³-hybridized carbons (Fsp3) is 0. The second-order valence-electron chi connectivity index (χ2n) is 2.95. The highest BCUT2D eigenvalue weighted by Gasteiger charge is 2.05. The van der Waals surface area contributed by atoms with Crippen molar-refractivity contribution in [1.82, 2.24) is 9.97 Å². The van der Waals surface area contributed by atoms with E-state index in [9.17, 15) is 4.79 Å². The number of carbonyl (C=O) groups is 1. The van der Waals surface area contributed by atoms with Crippen LogP contribution in [0.25, 0.3) is 0 Å². The van der Waals surface area contributed by atoms with Crippen LogP contribution in [0.5, 0.6) is 0 Å².